The Morgan fingerprint density at radius 1 is 0.833 bits per heavy atom. The van der Waals surface area contributed by atoms with Crippen molar-refractivity contribution in [2.24, 2.45) is 0 Å². The maximum Gasteiger partial charge on any atom is 3.00 e. The van der Waals surface area contributed by atoms with Crippen LogP contribution in [0.4, 0.5) is 0 Å². The van der Waals surface area contributed by atoms with Crippen LogP contribution in [0.2, 0.25) is 0 Å². The Hall–Kier alpha value is 1.38. The average molecular weight is 267 g/mol. The Morgan fingerprint density at radius 3 is 0.833 bits per heavy atom. The predicted octanol–water partition coefficient (Wildman–Crippen LogP) is -4.76. The second-order valence-corrected chi connectivity index (χ2v) is 1.13. The van der Waals surface area contributed by atoms with Gasteiger partial charge in [-0.15, -0.1) is 10.2 Å². The normalized spacial score (nSPS) is 10.0. The standard InChI is InChI=1S/ClHO4.Er/c2-1(3,4)5;/h(H,2,3,4,5);/q;+3/p-1. The van der Waals surface area contributed by atoms with Gasteiger partial charge in [-0.1, -0.05) is 0 Å². The summed E-state index contributed by atoms with van der Waals surface area (Å²) in [4.78, 5) is 0. The summed E-state index contributed by atoms with van der Waals surface area (Å²) in [6.07, 6.45) is 0. The van der Waals surface area contributed by atoms with E-state index < -0.39 is 10.2 Å². The van der Waals surface area contributed by atoms with Crippen LogP contribution in [0, 0.1) is 47.5 Å². The van der Waals surface area contributed by atoms with E-state index in [0.29, 0.717) is 0 Å². The minimum Gasteiger partial charge on any atom is -0.222 e. The van der Waals surface area contributed by atoms with Gasteiger partial charge in [-0.2, -0.15) is 0 Å². The summed E-state index contributed by atoms with van der Waals surface area (Å²) < 4.78 is 34.0. The zero-order valence-electron chi connectivity index (χ0n) is 2.30. The first-order valence-corrected chi connectivity index (χ1v) is 1.85. The third-order valence-corrected chi connectivity index (χ3v) is 0. The van der Waals surface area contributed by atoms with E-state index in [2.05, 4.69) is 0 Å². The zero-order valence-corrected chi connectivity index (χ0v) is 4.91. The summed E-state index contributed by atoms with van der Waals surface area (Å²) >= 11 is 0. The molecule has 0 atom stereocenters. The van der Waals surface area contributed by atoms with Gasteiger partial charge >= 0.3 is 37.3 Å². The second-order valence-electron chi connectivity index (χ2n) is 0.378. The molecule has 0 aromatic rings. The zero-order chi connectivity index (χ0) is 4.50. The Kier molecular flexibility index (Phi) is 5.86. The minimum atomic E-state index is -4.94. The molecule has 0 aliphatic carbocycles. The predicted molar refractivity (Wildman–Crippen MR) is 0 cm³/mol. The fourth-order valence-corrected chi connectivity index (χ4v) is 0. The first-order valence-electron chi connectivity index (χ1n) is 0.617. The fraction of sp³-hybridized carbons (Fsp3) is 0. The van der Waals surface area contributed by atoms with Crippen molar-refractivity contribution in [3.63, 3.8) is 0 Å². The van der Waals surface area contributed by atoms with Crippen LogP contribution in [0.1, 0.15) is 0 Å². The van der Waals surface area contributed by atoms with Gasteiger partial charge in [0.1, 0.15) is 0 Å². The number of halogens is 1. The van der Waals surface area contributed by atoms with Gasteiger partial charge in [0.15, 0.2) is 0 Å². The Labute approximate surface area is 65.7 Å². The molecule has 0 rings (SSSR count). The molecule has 0 bridgehead atoms. The summed E-state index contributed by atoms with van der Waals surface area (Å²) in [7, 11) is -4.94. The Balaban J connectivity index is 0. The molecule has 0 saturated heterocycles. The Morgan fingerprint density at radius 2 is 0.833 bits per heavy atom. The summed E-state index contributed by atoms with van der Waals surface area (Å²) in [5.74, 6) is 0. The molecule has 1 radical (unpaired) electrons. The van der Waals surface area contributed by atoms with Gasteiger partial charge in [-0.25, -0.2) is 18.6 Å². The third-order valence-electron chi connectivity index (χ3n) is 0. The van der Waals surface area contributed by atoms with Crippen LogP contribution in [0.3, 0.4) is 0 Å². The van der Waals surface area contributed by atoms with Gasteiger partial charge in [0.25, 0.3) is 0 Å². The summed E-state index contributed by atoms with van der Waals surface area (Å²) in [5, 5.41) is 0. The molecule has 0 unspecified atom stereocenters. The second kappa shape index (κ2) is 3.39. The van der Waals surface area contributed by atoms with Crippen molar-refractivity contribution in [3.05, 3.63) is 0 Å². The molecule has 0 aliphatic heterocycles. The van der Waals surface area contributed by atoms with Crippen LogP contribution >= 0.6 is 0 Å². The van der Waals surface area contributed by atoms with Crippen LogP contribution in [0.15, 0.2) is 0 Å². The molecule has 0 amide bonds. The van der Waals surface area contributed by atoms with Gasteiger partial charge in [0.05, 0.1) is 0 Å². The maximum absolute atomic E-state index is 8.49. The van der Waals surface area contributed by atoms with Crippen LogP contribution in [0.5, 0.6) is 0 Å². The molecular weight excluding hydrogens is 267 g/mol. The minimum absolute atomic E-state index is 0. The molecule has 4 nitrogen and oxygen atoms in total. The molecule has 0 saturated carbocycles. The molecule has 0 fully saturated rings. The average Bonchev–Trinajstić information content (AvgIpc) is 0.722. The molecule has 0 aromatic carbocycles. The van der Waals surface area contributed by atoms with E-state index in [1.807, 2.05) is 0 Å². The van der Waals surface area contributed by atoms with E-state index in [1.54, 1.807) is 0 Å². The molecule has 41 valence electrons. The van der Waals surface area contributed by atoms with Crippen molar-refractivity contribution in [2.75, 3.05) is 0 Å². The fourth-order valence-electron chi connectivity index (χ4n) is 0. The van der Waals surface area contributed by atoms with Gasteiger partial charge in [0, 0.05) is 0 Å². The molecule has 0 aliphatic rings. The summed E-state index contributed by atoms with van der Waals surface area (Å²) in [5.41, 5.74) is 0. The van der Waals surface area contributed by atoms with E-state index in [1.165, 1.54) is 0 Å². The maximum atomic E-state index is 8.49. The van der Waals surface area contributed by atoms with E-state index in [9.17, 15) is 0 Å². The van der Waals surface area contributed by atoms with E-state index >= 15 is 0 Å². The number of rotatable bonds is 0. The molecular formula is ClErO4+2. The summed E-state index contributed by atoms with van der Waals surface area (Å²) in [6, 6.07) is 0. The van der Waals surface area contributed by atoms with Crippen LogP contribution in [0.25, 0.3) is 0 Å². The SMILES string of the molecule is [Er+3].[O-][Cl+3]([O-])([O-])[O-]. The van der Waals surface area contributed by atoms with Gasteiger partial charge < -0.3 is 0 Å². The molecule has 6 heavy (non-hydrogen) atoms. The Bertz CT molecular complexity index is 23.0. The van der Waals surface area contributed by atoms with Crippen LogP contribution in [-0.4, -0.2) is 0 Å². The van der Waals surface area contributed by atoms with Crippen molar-refractivity contribution in [3.8, 4) is 0 Å². The van der Waals surface area contributed by atoms with Gasteiger partial charge in [0.2, 0.25) is 0 Å². The monoisotopic (exact) mass is 265 g/mol. The van der Waals surface area contributed by atoms with E-state index in [4.69, 9.17) is 18.6 Å². The molecule has 0 N–H and O–H groups in total. The molecule has 0 aromatic heterocycles. The largest absolute Gasteiger partial charge is 3.00 e. The van der Waals surface area contributed by atoms with Crippen molar-refractivity contribution in [2.45, 2.75) is 0 Å². The van der Waals surface area contributed by atoms with Crippen molar-refractivity contribution in [1.82, 2.24) is 0 Å². The molecule has 0 spiro atoms. The first kappa shape index (κ1) is 10.4. The summed E-state index contributed by atoms with van der Waals surface area (Å²) in [6.45, 7) is 0. The van der Waals surface area contributed by atoms with Crippen molar-refractivity contribution >= 4 is 0 Å². The van der Waals surface area contributed by atoms with Crippen molar-refractivity contribution < 1.29 is 66.2 Å². The van der Waals surface area contributed by atoms with Gasteiger partial charge in [-0.3, -0.25) is 0 Å². The molecule has 6 heteroatoms. The first-order chi connectivity index (χ1) is 2.00. The van der Waals surface area contributed by atoms with E-state index in [-0.39, 0.29) is 37.3 Å². The quantitative estimate of drug-likeness (QED) is 0.440. The third kappa shape index (κ3) is 54.3. The number of hydrogen-bond acceptors (Lipinski definition) is 4. The van der Waals surface area contributed by atoms with E-state index in [0.717, 1.165) is 0 Å². The molecule has 0 heterocycles. The van der Waals surface area contributed by atoms with Crippen LogP contribution in [-0.2, 0) is 0 Å². The van der Waals surface area contributed by atoms with Crippen molar-refractivity contribution in [1.29, 1.82) is 0 Å². The van der Waals surface area contributed by atoms with Gasteiger partial charge in [-0.05, 0) is 0 Å². The van der Waals surface area contributed by atoms with Crippen LogP contribution < -0.4 is 18.6 Å². The topological polar surface area (TPSA) is 92.2 Å². The smallest absolute Gasteiger partial charge is 0.222 e. The number of hydrogen-bond donors (Lipinski definition) is 0.